The van der Waals surface area contributed by atoms with Gasteiger partial charge in [0, 0.05) is 26.2 Å². The quantitative estimate of drug-likeness (QED) is 0.812. The van der Waals surface area contributed by atoms with Crippen LogP contribution in [0.3, 0.4) is 0 Å². The Kier molecular flexibility index (Phi) is 5.48. The molecule has 2 heterocycles. The number of aromatic nitrogens is 1. The third-order valence-electron chi connectivity index (χ3n) is 4.39. The summed E-state index contributed by atoms with van der Waals surface area (Å²) >= 11 is 6.22. The zero-order chi connectivity index (χ0) is 18.0. The third kappa shape index (κ3) is 4.41. The molecule has 2 aromatic rings. The third-order valence-corrected chi connectivity index (χ3v) is 6.02. The van der Waals surface area contributed by atoms with Crippen LogP contribution in [-0.4, -0.2) is 55.0 Å². The van der Waals surface area contributed by atoms with Crippen molar-refractivity contribution >= 4 is 21.6 Å². The molecule has 0 radical (unpaired) electrons. The Bertz CT molecular complexity index is 851. The van der Waals surface area contributed by atoms with Crippen molar-refractivity contribution in [1.29, 1.82) is 0 Å². The Balaban J connectivity index is 1.73. The minimum absolute atomic E-state index is 0.507. The van der Waals surface area contributed by atoms with E-state index in [1.54, 1.807) is 0 Å². The van der Waals surface area contributed by atoms with Crippen molar-refractivity contribution in [3.63, 3.8) is 0 Å². The number of oxazole rings is 1. The summed E-state index contributed by atoms with van der Waals surface area (Å²) in [5.74, 6) is 1.28. The van der Waals surface area contributed by atoms with Gasteiger partial charge < -0.3 is 4.42 Å². The first-order valence-corrected chi connectivity index (χ1v) is 10.5. The SMILES string of the molecule is Cc1oc(-c2ccccc2Cl)nc1CN1CCCN(S(C)(=O)=O)CC1. The van der Waals surface area contributed by atoms with E-state index in [0.717, 1.165) is 30.0 Å². The maximum atomic E-state index is 11.7. The maximum absolute atomic E-state index is 11.7. The summed E-state index contributed by atoms with van der Waals surface area (Å²) < 4.78 is 30.8. The fourth-order valence-electron chi connectivity index (χ4n) is 2.97. The average Bonchev–Trinajstić information content (AvgIpc) is 2.75. The highest BCUT2D eigenvalue weighted by Gasteiger charge is 2.23. The molecule has 3 rings (SSSR count). The number of benzene rings is 1. The van der Waals surface area contributed by atoms with Crippen LogP contribution in [0, 0.1) is 6.92 Å². The Labute approximate surface area is 153 Å². The van der Waals surface area contributed by atoms with Crippen LogP contribution in [0.25, 0.3) is 11.5 Å². The van der Waals surface area contributed by atoms with Gasteiger partial charge in [0.05, 0.1) is 22.5 Å². The van der Waals surface area contributed by atoms with Gasteiger partial charge in [0.2, 0.25) is 15.9 Å². The molecule has 0 N–H and O–H groups in total. The number of sulfonamides is 1. The van der Waals surface area contributed by atoms with Crippen LogP contribution in [-0.2, 0) is 16.6 Å². The number of hydrogen-bond acceptors (Lipinski definition) is 5. The van der Waals surface area contributed by atoms with Crippen molar-refractivity contribution in [2.75, 3.05) is 32.4 Å². The lowest BCUT2D eigenvalue weighted by molar-refractivity contribution is 0.274. The van der Waals surface area contributed by atoms with Gasteiger partial charge in [-0.05, 0) is 32.0 Å². The molecule has 8 heteroatoms. The van der Waals surface area contributed by atoms with Crippen LogP contribution in [0.1, 0.15) is 17.9 Å². The van der Waals surface area contributed by atoms with Gasteiger partial charge in [-0.2, -0.15) is 0 Å². The second-order valence-electron chi connectivity index (χ2n) is 6.29. The molecular weight excluding hydrogens is 362 g/mol. The highest BCUT2D eigenvalue weighted by molar-refractivity contribution is 7.88. The van der Waals surface area contributed by atoms with Crippen molar-refractivity contribution in [2.45, 2.75) is 19.9 Å². The van der Waals surface area contributed by atoms with E-state index in [9.17, 15) is 8.42 Å². The van der Waals surface area contributed by atoms with Crippen LogP contribution in [0.5, 0.6) is 0 Å². The van der Waals surface area contributed by atoms with Gasteiger partial charge in [-0.3, -0.25) is 4.90 Å². The molecule has 136 valence electrons. The minimum Gasteiger partial charge on any atom is -0.441 e. The van der Waals surface area contributed by atoms with E-state index in [0.29, 0.717) is 37.1 Å². The smallest absolute Gasteiger partial charge is 0.228 e. The predicted molar refractivity (Wildman–Crippen MR) is 98.0 cm³/mol. The average molecular weight is 384 g/mol. The Hall–Kier alpha value is -1.41. The number of hydrogen-bond donors (Lipinski definition) is 0. The van der Waals surface area contributed by atoms with E-state index in [2.05, 4.69) is 9.88 Å². The minimum atomic E-state index is -3.13. The van der Waals surface area contributed by atoms with Crippen molar-refractivity contribution in [3.05, 3.63) is 40.7 Å². The molecule has 1 aliphatic rings. The first kappa shape index (κ1) is 18.4. The van der Waals surface area contributed by atoms with E-state index < -0.39 is 10.0 Å². The molecule has 1 aliphatic heterocycles. The molecule has 0 atom stereocenters. The first-order valence-electron chi connectivity index (χ1n) is 8.23. The van der Waals surface area contributed by atoms with Crippen molar-refractivity contribution in [3.8, 4) is 11.5 Å². The zero-order valence-electron chi connectivity index (χ0n) is 14.4. The standard InChI is InChI=1S/C17H22ClN3O3S/c1-13-16(19-17(24-13)14-6-3-4-7-15(14)18)12-20-8-5-9-21(11-10-20)25(2,22)23/h3-4,6-7H,5,8-12H2,1-2H3. The van der Waals surface area contributed by atoms with E-state index in [1.807, 2.05) is 31.2 Å². The second-order valence-corrected chi connectivity index (χ2v) is 8.68. The summed E-state index contributed by atoms with van der Waals surface area (Å²) in [7, 11) is -3.13. The van der Waals surface area contributed by atoms with Gasteiger partial charge in [-0.1, -0.05) is 23.7 Å². The molecule has 1 aromatic heterocycles. The lowest BCUT2D eigenvalue weighted by Crippen LogP contribution is -2.34. The monoisotopic (exact) mass is 383 g/mol. The molecule has 0 unspecified atom stereocenters. The number of nitrogens with zero attached hydrogens (tertiary/aromatic N) is 3. The van der Waals surface area contributed by atoms with E-state index in [1.165, 1.54) is 10.6 Å². The topological polar surface area (TPSA) is 66.7 Å². The summed E-state index contributed by atoms with van der Waals surface area (Å²) in [6, 6.07) is 7.46. The van der Waals surface area contributed by atoms with Crippen LogP contribution in [0.15, 0.2) is 28.7 Å². The second kappa shape index (κ2) is 7.45. The molecule has 0 spiro atoms. The summed E-state index contributed by atoms with van der Waals surface area (Å²) in [5.41, 5.74) is 1.64. The van der Waals surface area contributed by atoms with Crippen LogP contribution < -0.4 is 0 Å². The van der Waals surface area contributed by atoms with E-state index >= 15 is 0 Å². The van der Waals surface area contributed by atoms with E-state index in [4.69, 9.17) is 16.0 Å². The fraction of sp³-hybridized carbons (Fsp3) is 0.471. The van der Waals surface area contributed by atoms with Crippen molar-refractivity contribution < 1.29 is 12.8 Å². The summed E-state index contributed by atoms with van der Waals surface area (Å²) in [6.45, 7) is 5.12. The van der Waals surface area contributed by atoms with Gasteiger partial charge >= 0.3 is 0 Å². The van der Waals surface area contributed by atoms with Gasteiger partial charge in [0.15, 0.2) is 0 Å². The number of halogens is 1. The van der Waals surface area contributed by atoms with Gasteiger partial charge in [-0.25, -0.2) is 17.7 Å². The normalized spacial score (nSPS) is 17.6. The number of aryl methyl sites for hydroxylation is 1. The molecule has 0 aliphatic carbocycles. The van der Waals surface area contributed by atoms with Gasteiger partial charge in [0.25, 0.3) is 0 Å². The molecule has 0 bridgehead atoms. The fourth-order valence-corrected chi connectivity index (χ4v) is 4.06. The number of rotatable bonds is 4. The molecular formula is C17H22ClN3O3S. The molecule has 0 amide bonds. The Morgan fingerprint density at radius 1 is 1.20 bits per heavy atom. The van der Waals surface area contributed by atoms with Crippen molar-refractivity contribution in [2.24, 2.45) is 0 Å². The molecule has 1 aromatic carbocycles. The Morgan fingerprint density at radius 3 is 2.68 bits per heavy atom. The summed E-state index contributed by atoms with van der Waals surface area (Å²) in [4.78, 5) is 6.82. The maximum Gasteiger partial charge on any atom is 0.228 e. The first-order chi connectivity index (χ1) is 11.8. The molecule has 25 heavy (non-hydrogen) atoms. The molecule has 0 saturated carbocycles. The van der Waals surface area contributed by atoms with Crippen LogP contribution in [0.4, 0.5) is 0 Å². The highest BCUT2D eigenvalue weighted by atomic mass is 35.5. The van der Waals surface area contributed by atoms with Gasteiger partial charge in [0.1, 0.15) is 5.76 Å². The summed E-state index contributed by atoms with van der Waals surface area (Å²) in [5, 5.41) is 0.605. The lowest BCUT2D eigenvalue weighted by Gasteiger charge is -2.19. The molecule has 1 fully saturated rings. The molecule has 6 nitrogen and oxygen atoms in total. The lowest BCUT2D eigenvalue weighted by atomic mass is 10.2. The Morgan fingerprint density at radius 2 is 1.96 bits per heavy atom. The summed E-state index contributed by atoms with van der Waals surface area (Å²) in [6.07, 6.45) is 2.07. The zero-order valence-corrected chi connectivity index (χ0v) is 16.0. The largest absolute Gasteiger partial charge is 0.441 e. The van der Waals surface area contributed by atoms with Gasteiger partial charge in [-0.15, -0.1) is 0 Å². The highest BCUT2D eigenvalue weighted by Crippen LogP contribution is 2.28. The van der Waals surface area contributed by atoms with Crippen LogP contribution in [0.2, 0.25) is 5.02 Å². The van der Waals surface area contributed by atoms with Crippen molar-refractivity contribution in [1.82, 2.24) is 14.2 Å². The molecule has 1 saturated heterocycles. The predicted octanol–water partition coefficient (Wildman–Crippen LogP) is 2.77. The van der Waals surface area contributed by atoms with E-state index in [-0.39, 0.29) is 0 Å². The van der Waals surface area contributed by atoms with Crippen LogP contribution >= 0.6 is 11.6 Å².